The van der Waals surface area contributed by atoms with E-state index in [0.29, 0.717) is 43.6 Å². The number of aliphatic hydroxyl groups excluding tert-OH is 6. The minimum atomic E-state index is -1.72. The first-order valence-electron chi connectivity index (χ1n) is 18.9. The molecular formula is C43H51F2N3O8. The standard InChI is InChI=1S/C43H51F2N3O8/c44-32-15-13-30(14-16-32)36(50)22-21-35-40(48(43(35)56)34-19-17-33(45)18-20-34)31-11-9-28(10-12-31)24-46-39(53)8-4-5-23-47(25-29-6-2-1-3-7-29)26-37(51)41(54)42(55)38(52)27-49/h1-3,6-7,9-20,35-38,40-42,49-52,54-55H,4-5,8,21-27H2,(H,46,53). The number of unbranched alkanes of at least 4 members (excludes halogenated alkanes) is 1. The zero-order chi connectivity index (χ0) is 40.2. The van der Waals surface area contributed by atoms with Gasteiger partial charge >= 0.3 is 0 Å². The van der Waals surface area contributed by atoms with Crippen LogP contribution in [0.1, 0.15) is 66.5 Å². The van der Waals surface area contributed by atoms with Crippen molar-refractivity contribution < 1.29 is 49.0 Å². The number of hydrogen-bond acceptors (Lipinski definition) is 9. The van der Waals surface area contributed by atoms with Gasteiger partial charge in [-0.15, -0.1) is 0 Å². The van der Waals surface area contributed by atoms with Crippen molar-refractivity contribution in [2.45, 2.75) is 81.8 Å². The third kappa shape index (κ3) is 11.5. The molecule has 0 aliphatic carbocycles. The van der Waals surface area contributed by atoms with Crippen molar-refractivity contribution in [2.75, 3.05) is 24.6 Å². The molecule has 2 amide bonds. The van der Waals surface area contributed by atoms with Crippen LogP contribution in [-0.2, 0) is 22.7 Å². The van der Waals surface area contributed by atoms with Crippen LogP contribution in [0.3, 0.4) is 0 Å². The van der Waals surface area contributed by atoms with Gasteiger partial charge in [-0.1, -0.05) is 66.7 Å². The van der Waals surface area contributed by atoms with E-state index in [-0.39, 0.29) is 43.8 Å². The molecule has 7 N–H and O–H groups in total. The first-order chi connectivity index (χ1) is 26.9. The van der Waals surface area contributed by atoms with Crippen LogP contribution in [-0.4, -0.2) is 91.5 Å². The topological polar surface area (TPSA) is 174 Å². The maximum atomic E-state index is 13.7. The minimum Gasteiger partial charge on any atom is -0.394 e. The lowest BCUT2D eigenvalue weighted by Crippen LogP contribution is -2.55. The van der Waals surface area contributed by atoms with Gasteiger partial charge in [-0.3, -0.25) is 14.5 Å². The number of β-lactam (4-membered cyclic amide) rings is 1. The second-order valence-electron chi connectivity index (χ2n) is 14.4. The smallest absolute Gasteiger partial charge is 0.233 e. The lowest BCUT2D eigenvalue weighted by molar-refractivity contribution is -0.131. The van der Waals surface area contributed by atoms with Crippen LogP contribution in [0.15, 0.2) is 103 Å². The zero-order valence-electron chi connectivity index (χ0n) is 31.1. The highest BCUT2D eigenvalue weighted by atomic mass is 19.1. The van der Waals surface area contributed by atoms with Crippen LogP contribution >= 0.6 is 0 Å². The summed E-state index contributed by atoms with van der Waals surface area (Å²) in [5.74, 6) is -1.55. The number of rotatable bonds is 21. The molecule has 0 saturated carbocycles. The van der Waals surface area contributed by atoms with E-state index in [2.05, 4.69) is 5.32 Å². The van der Waals surface area contributed by atoms with Crippen molar-refractivity contribution in [3.05, 3.63) is 137 Å². The Kier molecular flexibility index (Phi) is 15.6. The van der Waals surface area contributed by atoms with Crippen LogP contribution < -0.4 is 10.2 Å². The molecule has 4 aromatic carbocycles. The molecule has 0 aromatic heterocycles. The first-order valence-corrected chi connectivity index (χ1v) is 18.9. The Morgan fingerprint density at radius 1 is 0.768 bits per heavy atom. The Labute approximate surface area is 325 Å². The predicted molar refractivity (Wildman–Crippen MR) is 206 cm³/mol. The Morgan fingerprint density at radius 2 is 1.39 bits per heavy atom. The fraction of sp³-hybridized carbons (Fsp3) is 0.395. The molecule has 1 aliphatic heterocycles. The van der Waals surface area contributed by atoms with Crippen LogP contribution in [0.4, 0.5) is 14.5 Å². The minimum absolute atomic E-state index is 0.0111. The SMILES string of the molecule is O=C(CCCCN(Cc1ccccc1)CC(O)C(O)C(O)C(O)CO)NCc1ccc(C2C(CCC(O)c3ccc(F)cc3)C(=O)N2c2ccc(F)cc2)cc1. The van der Waals surface area contributed by atoms with Crippen molar-refractivity contribution in [1.82, 2.24) is 10.2 Å². The highest BCUT2D eigenvalue weighted by Crippen LogP contribution is 2.46. The number of nitrogens with zero attached hydrogens (tertiary/aromatic N) is 2. The van der Waals surface area contributed by atoms with Crippen LogP contribution in [0, 0.1) is 17.6 Å². The summed E-state index contributed by atoms with van der Waals surface area (Å²) in [6, 6.07) is 28.0. The molecule has 0 radical (unpaired) electrons. The van der Waals surface area contributed by atoms with Gasteiger partial charge in [-0.25, -0.2) is 8.78 Å². The maximum absolute atomic E-state index is 13.7. The summed E-state index contributed by atoms with van der Waals surface area (Å²) in [4.78, 5) is 29.7. The van der Waals surface area contributed by atoms with E-state index in [0.717, 1.165) is 16.7 Å². The number of aliphatic hydroxyl groups is 6. The van der Waals surface area contributed by atoms with Gasteiger partial charge in [0.05, 0.1) is 30.8 Å². The summed E-state index contributed by atoms with van der Waals surface area (Å²) in [6.45, 7) is 0.436. The lowest BCUT2D eigenvalue weighted by Gasteiger charge is -2.48. The molecule has 1 heterocycles. The number of carbonyl (C=O) groups excluding carboxylic acids is 2. The van der Waals surface area contributed by atoms with Crippen molar-refractivity contribution >= 4 is 17.5 Å². The van der Waals surface area contributed by atoms with Gasteiger partial charge < -0.3 is 40.9 Å². The molecular weight excluding hydrogens is 724 g/mol. The van der Waals surface area contributed by atoms with E-state index in [1.165, 1.54) is 36.4 Å². The average molecular weight is 776 g/mol. The quantitative estimate of drug-likeness (QED) is 0.0490. The number of hydrogen-bond donors (Lipinski definition) is 7. The molecule has 11 nitrogen and oxygen atoms in total. The van der Waals surface area contributed by atoms with Crippen LogP contribution in [0.2, 0.25) is 0 Å². The largest absolute Gasteiger partial charge is 0.394 e. The van der Waals surface area contributed by atoms with Gasteiger partial charge in [0, 0.05) is 31.7 Å². The predicted octanol–water partition coefficient (Wildman–Crippen LogP) is 3.91. The molecule has 0 spiro atoms. The second-order valence-corrected chi connectivity index (χ2v) is 14.4. The van der Waals surface area contributed by atoms with Gasteiger partial charge in [0.15, 0.2) is 0 Å². The van der Waals surface area contributed by atoms with E-state index in [4.69, 9.17) is 5.11 Å². The molecule has 1 aliphatic rings. The first kappa shape index (κ1) is 42.5. The molecule has 1 fully saturated rings. The molecule has 13 heteroatoms. The lowest BCUT2D eigenvalue weighted by atomic mass is 9.78. The molecule has 300 valence electrons. The van der Waals surface area contributed by atoms with Crippen molar-refractivity contribution in [1.29, 1.82) is 0 Å². The van der Waals surface area contributed by atoms with Gasteiger partial charge in [-0.05, 0) is 90.9 Å². The fourth-order valence-electron chi connectivity index (χ4n) is 7.04. The van der Waals surface area contributed by atoms with Crippen molar-refractivity contribution in [2.24, 2.45) is 5.92 Å². The van der Waals surface area contributed by atoms with E-state index >= 15 is 0 Å². The normalized spacial score (nSPS) is 18.2. The second kappa shape index (κ2) is 20.5. The monoisotopic (exact) mass is 775 g/mol. The highest BCUT2D eigenvalue weighted by molar-refractivity contribution is 6.03. The Bertz CT molecular complexity index is 1820. The highest BCUT2D eigenvalue weighted by Gasteiger charge is 2.48. The third-order valence-electron chi connectivity index (χ3n) is 10.3. The van der Waals surface area contributed by atoms with Crippen LogP contribution in [0.5, 0.6) is 0 Å². The number of halogens is 2. The zero-order valence-corrected chi connectivity index (χ0v) is 31.1. The summed E-state index contributed by atoms with van der Waals surface area (Å²) < 4.78 is 27.1. The summed E-state index contributed by atoms with van der Waals surface area (Å²) in [5.41, 5.74) is 3.78. The Morgan fingerprint density at radius 3 is 2.04 bits per heavy atom. The molecule has 1 saturated heterocycles. The summed E-state index contributed by atoms with van der Waals surface area (Å²) in [5, 5.41) is 63.5. The maximum Gasteiger partial charge on any atom is 0.233 e. The number of carbonyl (C=O) groups is 2. The number of anilines is 1. The number of nitrogens with one attached hydrogen (secondary N) is 1. The molecule has 7 atom stereocenters. The van der Waals surface area contributed by atoms with Crippen LogP contribution in [0.25, 0.3) is 0 Å². The van der Waals surface area contributed by atoms with E-state index in [1.807, 2.05) is 59.5 Å². The average Bonchev–Trinajstić information content (AvgIpc) is 3.21. The van der Waals surface area contributed by atoms with Crippen molar-refractivity contribution in [3.63, 3.8) is 0 Å². The Balaban J connectivity index is 1.13. The summed E-state index contributed by atoms with van der Waals surface area (Å²) >= 11 is 0. The number of benzene rings is 4. The molecule has 56 heavy (non-hydrogen) atoms. The van der Waals surface area contributed by atoms with E-state index in [1.54, 1.807) is 17.0 Å². The third-order valence-corrected chi connectivity index (χ3v) is 10.3. The Hall–Kier alpha value is -4.60. The summed E-state index contributed by atoms with van der Waals surface area (Å²) in [7, 11) is 0. The van der Waals surface area contributed by atoms with E-state index < -0.39 is 54.7 Å². The van der Waals surface area contributed by atoms with Gasteiger partial charge in [0.1, 0.15) is 29.9 Å². The molecule has 5 rings (SSSR count). The molecule has 4 aromatic rings. The fourth-order valence-corrected chi connectivity index (χ4v) is 7.04. The molecule has 0 bridgehead atoms. The van der Waals surface area contributed by atoms with E-state index in [9.17, 15) is 43.9 Å². The molecule has 7 unspecified atom stereocenters. The van der Waals surface area contributed by atoms with Gasteiger partial charge in [0.2, 0.25) is 11.8 Å². The van der Waals surface area contributed by atoms with Gasteiger partial charge in [0.25, 0.3) is 0 Å². The van der Waals surface area contributed by atoms with Crippen molar-refractivity contribution in [3.8, 4) is 0 Å². The summed E-state index contributed by atoms with van der Waals surface area (Å²) in [6.07, 6.45) is -5.18. The number of amides is 2. The van der Waals surface area contributed by atoms with Gasteiger partial charge in [-0.2, -0.15) is 0 Å².